The summed E-state index contributed by atoms with van der Waals surface area (Å²) in [6.07, 6.45) is 9.72. The van der Waals surface area contributed by atoms with Gasteiger partial charge in [-0.2, -0.15) is 5.10 Å². The lowest BCUT2D eigenvalue weighted by Gasteiger charge is -2.28. The second-order valence-corrected chi connectivity index (χ2v) is 10.9. The second kappa shape index (κ2) is 9.35. The molecule has 0 saturated carbocycles. The molecule has 182 valence electrons. The molecule has 0 bridgehead atoms. The number of aryl methyl sites for hydroxylation is 1. The van der Waals surface area contributed by atoms with Crippen LogP contribution in [-0.4, -0.2) is 36.3 Å². The largest absolute Gasteiger partial charge is 0.343 e. The first-order valence-electron chi connectivity index (χ1n) is 12.3. The molecule has 0 radical (unpaired) electrons. The van der Waals surface area contributed by atoms with E-state index < -0.39 is 0 Å². The molecule has 5 aromatic rings. The Labute approximate surface area is 215 Å². The van der Waals surface area contributed by atoms with E-state index in [0.717, 1.165) is 48.0 Å². The van der Waals surface area contributed by atoms with Crippen molar-refractivity contribution in [2.24, 2.45) is 7.05 Å². The van der Waals surface area contributed by atoms with Crippen LogP contribution in [0, 0.1) is 0 Å². The molecule has 1 aliphatic heterocycles. The second-order valence-electron chi connectivity index (χ2n) is 9.76. The van der Waals surface area contributed by atoms with E-state index in [9.17, 15) is 0 Å². The van der Waals surface area contributed by atoms with Crippen molar-refractivity contribution in [1.82, 2.24) is 29.8 Å². The highest BCUT2D eigenvalue weighted by Gasteiger charge is 2.20. The molecule has 4 heterocycles. The van der Waals surface area contributed by atoms with Crippen molar-refractivity contribution >= 4 is 16.5 Å². The molecule has 0 fully saturated rings. The van der Waals surface area contributed by atoms with E-state index in [1.807, 2.05) is 42.6 Å². The van der Waals surface area contributed by atoms with E-state index in [2.05, 4.69) is 70.6 Å². The number of nitrogens with zero attached hydrogens (tertiary/aromatic N) is 7. The van der Waals surface area contributed by atoms with Crippen molar-refractivity contribution in [3.8, 4) is 16.9 Å². The first-order valence-corrected chi connectivity index (χ1v) is 13.2. The summed E-state index contributed by atoms with van der Waals surface area (Å²) in [6.45, 7) is 6.32. The zero-order valence-electron chi connectivity index (χ0n) is 20.8. The number of anilines is 1. The average molecular weight is 496 g/mol. The molecule has 0 saturated heterocycles. The van der Waals surface area contributed by atoms with Gasteiger partial charge in [0.25, 0.3) is 0 Å². The topological polar surface area (TPSA) is 64.7 Å². The molecule has 7 nitrogen and oxygen atoms in total. The monoisotopic (exact) mass is 495 g/mol. The minimum Gasteiger partial charge on any atom is -0.343 e. The number of fused-ring (bicyclic) bond motifs is 1. The molecule has 8 heteroatoms. The van der Waals surface area contributed by atoms with Crippen LogP contribution in [0.15, 0.2) is 67.3 Å². The molecule has 0 atom stereocenters. The van der Waals surface area contributed by atoms with Crippen molar-refractivity contribution in [2.75, 3.05) is 11.4 Å². The Bertz CT molecular complexity index is 1500. The molecule has 0 aliphatic carbocycles. The maximum absolute atomic E-state index is 4.82. The van der Waals surface area contributed by atoms with Crippen LogP contribution in [0.2, 0.25) is 0 Å². The SMILES string of the molecule is CC(C)c1cc(Cc2cnc(N3CCc4ccc(-c5cn(C)nn5)cc4C3)s2)cc(-n2cccn2)c1. The fourth-order valence-corrected chi connectivity index (χ4v) is 5.74. The van der Waals surface area contributed by atoms with Crippen LogP contribution in [-0.2, 0) is 26.4 Å². The van der Waals surface area contributed by atoms with E-state index in [1.54, 1.807) is 16.0 Å². The molecule has 36 heavy (non-hydrogen) atoms. The number of hydrogen-bond acceptors (Lipinski definition) is 6. The molecular weight excluding hydrogens is 466 g/mol. The highest BCUT2D eigenvalue weighted by molar-refractivity contribution is 7.15. The fourth-order valence-electron chi connectivity index (χ4n) is 4.77. The van der Waals surface area contributed by atoms with Gasteiger partial charge in [0.05, 0.1) is 11.9 Å². The molecule has 0 N–H and O–H groups in total. The molecule has 2 aromatic carbocycles. The average Bonchev–Trinajstić information content (AvgIpc) is 3.66. The van der Waals surface area contributed by atoms with Gasteiger partial charge in [0.2, 0.25) is 0 Å². The summed E-state index contributed by atoms with van der Waals surface area (Å²) in [5.41, 5.74) is 8.50. The summed E-state index contributed by atoms with van der Waals surface area (Å²) in [5, 5.41) is 13.9. The van der Waals surface area contributed by atoms with Crippen molar-refractivity contribution in [1.29, 1.82) is 0 Å². The Balaban J connectivity index is 1.22. The van der Waals surface area contributed by atoms with Gasteiger partial charge in [-0.3, -0.25) is 4.68 Å². The Morgan fingerprint density at radius 2 is 2.00 bits per heavy atom. The molecule has 0 spiro atoms. The van der Waals surface area contributed by atoms with Crippen molar-refractivity contribution in [3.63, 3.8) is 0 Å². The van der Waals surface area contributed by atoms with E-state index in [-0.39, 0.29) is 0 Å². The van der Waals surface area contributed by atoms with Gasteiger partial charge in [0, 0.05) is 55.6 Å². The van der Waals surface area contributed by atoms with Gasteiger partial charge in [-0.25, -0.2) is 9.67 Å². The number of rotatable bonds is 6. The zero-order chi connectivity index (χ0) is 24.6. The van der Waals surface area contributed by atoms with Crippen LogP contribution < -0.4 is 4.90 Å². The summed E-state index contributed by atoms with van der Waals surface area (Å²) in [5.74, 6) is 0.455. The number of hydrogen-bond donors (Lipinski definition) is 0. The van der Waals surface area contributed by atoms with E-state index in [4.69, 9.17) is 4.98 Å². The van der Waals surface area contributed by atoms with Crippen LogP contribution in [0.1, 0.15) is 46.9 Å². The summed E-state index contributed by atoms with van der Waals surface area (Å²) in [6, 6.07) is 15.4. The smallest absolute Gasteiger partial charge is 0.185 e. The third kappa shape index (κ3) is 4.56. The van der Waals surface area contributed by atoms with E-state index in [0.29, 0.717) is 5.92 Å². The van der Waals surface area contributed by atoms with E-state index in [1.165, 1.54) is 27.1 Å². The van der Waals surface area contributed by atoms with Crippen molar-refractivity contribution in [2.45, 2.75) is 39.2 Å². The highest BCUT2D eigenvalue weighted by Crippen LogP contribution is 2.32. The number of aromatic nitrogens is 6. The minimum absolute atomic E-state index is 0.455. The lowest BCUT2D eigenvalue weighted by Crippen LogP contribution is -2.30. The van der Waals surface area contributed by atoms with Crippen LogP contribution in [0.5, 0.6) is 0 Å². The molecule has 6 rings (SSSR count). The predicted octanol–water partition coefficient (Wildman–Crippen LogP) is 5.40. The highest BCUT2D eigenvalue weighted by atomic mass is 32.1. The zero-order valence-corrected chi connectivity index (χ0v) is 21.6. The van der Waals surface area contributed by atoms with Gasteiger partial charge in [0.1, 0.15) is 5.69 Å². The molecule has 0 amide bonds. The molecular formula is C28H29N7S. The summed E-state index contributed by atoms with van der Waals surface area (Å²) in [7, 11) is 1.90. The maximum Gasteiger partial charge on any atom is 0.185 e. The van der Waals surface area contributed by atoms with Crippen molar-refractivity contribution in [3.05, 3.63) is 94.4 Å². The summed E-state index contributed by atoms with van der Waals surface area (Å²) < 4.78 is 3.68. The normalized spacial score (nSPS) is 13.4. The number of thiazole rings is 1. The maximum atomic E-state index is 4.82. The Morgan fingerprint density at radius 1 is 1.08 bits per heavy atom. The van der Waals surface area contributed by atoms with Gasteiger partial charge >= 0.3 is 0 Å². The van der Waals surface area contributed by atoms with Crippen LogP contribution in [0.25, 0.3) is 16.9 Å². The van der Waals surface area contributed by atoms with Gasteiger partial charge in [-0.15, -0.1) is 16.4 Å². The first-order chi connectivity index (χ1) is 17.5. The Morgan fingerprint density at radius 3 is 2.78 bits per heavy atom. The quantitative estimate of drug-likeness (QED) is 0.316. The van der Waals surface area contributed by atoms with Gasteiger partial charge in [-0.1, -0.05) is 37.3 Å². The molecule has 1 aliphatic rings. The third-order valence-electron chi connectivity index (χ3n) is 6.74. The fraction of sp³-hybridized carbons (Fsp3) is 0.286. The van der Waals surface area contributed by atoms with Crippen LogP contribution in [0.3, 0.4) is 0 Å². The van der Waals surface area contributed by atoms with Crippen LogP contribution >= 0.6 is 11.3 Å². The lowest BCUT2D eigenvalue weighted by atomic mass is 9.97. The van der Waals surface area contributed by atoms with E-state index >= 15 is 0 Å². The van der Waals surface area contributed by atoms with Crippen molar-refractivity contribution < 1.29 is 0 Å². The minimum atomic E-state index is 0.455. The molecule has 0 unspecified atom stereocenters. The summed E-state index contributed by atoms with van der Waals surface area (Å²) in [4.78, 5) is 8.50. The van der Waals surface area contributed by atoms with Crippen LogP contribution in [0.4, 0.5) is 5.13 Å². The Kier molecular flexibility index (Phi) is 5.89. The van der Waals surface area contributed by atoms with Gasteiger partial charge < -0.3 is 4.90 Å². The predicted molar refractivity (Wildman–Crippen MR) is 144 cm³/mol. The standard InChI is InChI=1S/C28H29N7S/c1-19(2)23-11-20(12-25(15-23)35-9-4-8-30-35)13-26-16-29-28(36-26)34-10-7-21-5-6-22(14-24(21)17-34)27-18-33(3)32-31-27/h4-6,8-9,11-12,14-16,18-19H,7,10,13,17H2,1-3H3. The van der Waals surface area contributed by atoms with Gasteiger partial charge in [0.15, 0.2) is 5.13 Å². The number of benzene rings is 2. The Hall–Kier alpha value is -3.78. The third-order valence-corrected chi connectivity index (χ3v) is 7.80. The molecule has 3 aromatic heterocycles. The van der Waals surface area contributed by atoms with Gasteiger partial charge in [-0.05, 0) is 58.9 Å². The summed E-state index contributed by atoms with van der Waals surface area (Å²) >= 11 is 1.80. The first kappa shape index (κ1) is 22.7. The lowest BCUT2D eigenvalue weighted by molar-refractivity contribution is 0.715.